The second kappa shape index (κ2) is 7.65. The van der Waals surface area contributed by atoms with Crippen LogP contribution in [-0.2, 0) is 16.0 Å². The van der Waals surface area contributed by atoms with Crippen LogP contribution < -0.4 is 0 Å². The summed E-state index contributed by atoms with van der Waals surface area (Å²) < 4.78 is 5.22. The third-order valence-corrected chi connectivity index (χ3v) is 4.45. The van der Waals surface area contributed by atoms with Crippen LogP contribution >= 0.6 is 11.6 Å². The first-order valence-electron chi connectivity index (χ1n) is 8.15. The van der Waals surface area contributed by atoms with E-state index in [1.807, 2.05) is 12.1 Å². The Morgan fingerprint density at radius 3 is 2.40 bits per heavy atom. The summed E-state index contributed by atoms with van der Waals surface area (Å²) in [6.45, 7) is 3.85. The molecule has 1 aromatic carbocycles. The average Bonchev–Trinajstić information content (AvgIpc) is 3.09. The number of amides is 2. The zero-order chi connectivity index (χ0) is 17.8. The van der Waals surface area contributed by atoms with Gasteiger partial charge in [-0.05, 0) is 24.3 Å². The number of aromatic nitrogens is 2. The normalized spacial score (nSPS) is 14.6. The van der Waals surface area contributed by atoms with Crippen molar-refractivity contribution in [3.8, 4) is 11.4 Å². The predicted octanol–water partition coefficient (Wildman–Crippen LogP) is 2.01. The number of carbonyl (C=O) groups is 2. The van der Waals surface area contributed by atoms with E-state index in [0.717, 1.165) is 5.56 Å². The Kier molecular flexibility index (Phi) is 5.33. The molecule has 0 N–H and O–H groups in total. The number of hydrogen-bond donors (Lipinski definition) is 0. The lowest BCUT2D eigenvalue weighted by Gasteiger charge is -2.34. The van der Waals surface area contributed by atoms with Crippen LogP contribution in [0, 0.1) is 0 Å². The lowest BCUT2D eigenvalue weighted by atomic mass is 10.2. The van der Waals surface area contributed by atoms with Crippen molar-refractivity contribution in [1.29, 1.82) is 0 Å². The van der Waals surface area contributed by atoms with Gasteiger partial charge < -0.3 is 14.3 Å². The molecule has 1 saturated heterocycles. The largest absolute Gasteiger partial charge is 0.339 e. The summed E-state index contributed by atoms with van der Waals surface area (Å²) in [5, 5.41) is 4.58. The molecule has 0 bridgehead atoms. The van der Waals surface area contributed by atoms with Gasteiger partial charge in [-0.15, -0.1) is 0 Å². The molecule has 0 spiro atoms. The minimum atomic E-state index is 0.0365. The van der Waals surface area contributed by atoms with E-state index >= 15 is 0 Å². The maximum atomic E-state index is 12.3. The second-order valence-electron chi connectivity index (χ2n) is 5.91. The molecule has 2 amide bonds. The van der Waals surface area contributed by atoms with Crippen molar-refractivity contribution in [2.24, 2.45) is 0 Å². The zero-order valence-electron chi connectivity index (χ0n) is 13.9. The Labute approximate surface area is 150 Å². The van der Waals surface area contributed by atoms with E-state index in [2.05, 4.69) is 10.1 Å². The number of rotatable bonds is 4. The molecule has 1 fully saturated rings. The quantitative estimate of drug-likeness (QED) is 0.831. The van der Waals surface area contributed by atoms with Crippen molar-refractivity contribution in [1.82, 2.24) is 19.9 Å². The minimum Gasteiger partial charge on any atom is -0.339 e. The molecule has 8 heteroatoms. The van der Waals surface area contributed by atoms with E-state index in [1.165, 1.54) is 0 Å². The zero-order valence-corrected chi connectivity index (χ0v) is 14.7. The van der Waals surface area contributed by atoms with Gasteiger partial charge in [0.15, 0.2) is 0 Å². The molecule has 25 heavy (non-hydrogen) atoms. The first-order chi connectivity index (χ1) is 12.0. The summed E-state index contributed by atoms with van der Waals surface area (Å²) in [6.07, 6.45) is 0.703. The molecule has 0 saturated carbocycles. The van der Waals surface area contributed by atoms with E-state index in [4.69, 9.17) is 16.1 Å². The molecule has 0 atom stereocenters. The fourth-order valence-corrected chi connectivity index (χ4v) is 2.84. The van der Waals surface area contributed by atoms with Gasteiger partial charge in [0, 0.05) is 56.5 Å². The number of benzene rings is 1. The summed E-state index contributed by atoms with van der Waals surface area (Å²) in [6, 6.07) is 7.15. The number of halogens is 1. The first kappa shape index (κ1) is 17.4. The van der Waals surface area contributed by atoms with E-state index < -0.39 is 0 Å². The number of carbonyl (C=O) groups excluding carboxylic acids is 2. The number of piperazine rings is 1. The van der Waals surface area contributed by atoms with Gasteiger partial charge in [0.05, 0.1) is 0 Å². The van der Waals surface area contributed by atoms with Crippen LogP contribution in [0.3, 0.4) is 0 Å². The van der Waals surface area contributed by atoms with Crippen LogP contribution in [0.25, 0.3) is 11.4 Å². The monoisotopic (exact) mass is 362 g/mol. The average molecular weight is 363 g/mol. The molecule has 1 aromatic heterocycles. The van der Waals surface area contributed by atoms with Crippen LogP contribution in [0.2, 0.25) is 5.02 Å². The Balaban J connectivity index is 1.51. The topological polar surface area (TPSA) is 79.5 Å². The molecule has 1 aliphatic heterocycles. The molecule has 132 valence electrons. The Hall–Kier alpha value is -2.41. The maximum Gasteiger partial charge on any atom is 0.227 e. The van der Waals surface area contributed by atoms with Gasteiger partial charge in [-0.1, -0.05) is 16.8 Å². The van der Waals surface area contributed by atoms with Crippen molar-refractivity contribution >= 4 is 23.4 Å². The lowest BCUT2D eigenvalue weighted by molar-refractivity contribution is -0.138. The fraction of sp³-hybridized carbons (Fsp3) is 0.412. The molecule has 2 aromatic rings. The molecule has 1 aliphatic rings. The van der Waals surface area contributed by atoms with Gasteiger partial charge in [0.2, 0.25) is 23.5 Å². The van der Waals surface area contributed by atoms with Crippen molar-refractivity contribution < 1.29 is 14.1 Å². The number of aryl methyl sites for hydroxylation is 1. The smallest absolute Gasteiger partial charge is 0.227 e. The van der Waals surface area contributed by atoms with Crippen LogP contribution in [0.15, 0.2) is 28.8 Å². The highest BCUT2D eigenvalue weighted by molar-refractivity contribution is 6.30. The highest BCUT2D eigenvalue weighted by Crippen LogP contribution is 2.19. The van der Waals surface area contributed by atoms with Gasteiger partial charge >= 0.3 is 0 Å². The van der Waals surface area contributed by atoms with Gasteiger partial charge in [-0.2, -0.15) is 4.98 Å². The highest BCUT2D eigenvalue weighted by atomic mass is 35.5. The Morgan fingerprint density at radius 1 is 1.12 bits per heavy atom. The lowest BCUT2D eigenvalue weighted by Crippen LogP contribution is -2.50. The third-order valence-electron chi connectivity index (χ3n) is 4.20. The number of nitrogens with zero attached hydrogens (tertiary/aromatic N) is 4. The summed E-state index contributed by atoms with van der Waals surface area (Å²) in [7, 11) is 0. The van der Waals surface area contributed by atoms with Gasteiger partial charge in [0.1, 0.15) is 0 Å². The van der Waals surface area contributed by atoms with Crippen LogP contribution in [0.1, 0.15) is 19.2 Å². The maximum absolute atomic E-state index is 12.3. The van der Waals surface area contributed by atoms with Gasteiger partial charge in [-0.25, -0.2) is 0 Å². The molecule has 7 nitrogen and oxygen atoms in total. The van der Waals surface area contributed by atoms with Crippen LogP contribution in [-0.4, -0.2) is 57.9 Å². The SMILES string of the molecule is CC(=O)N1CCN(C(=O)CCc2nc(-c3ccc(Cl)cc3)no2)CC1. The van der Waals surface area contributed by atoms with E-state index in [-0.39, 0.29) is 11.8 Å². The molecule has 0 unspecified atom stereocenters. The summed E-state index contributed by atoms with van der Waals surface area (Å²) >= 11 is 5.86. The second-order valence-corrected chi connectivity index (χ2v) is 6.34. The highest BCUT2D eigenvalue weighted by Gasteiger charge is 2.22. The van der Waals surface area contributed by atoms with E-state index in [1.54, 1.807) is 28.9 Å². The van der Waals surface area contributed by atoms with Crippen molar-refractivity contribution in [3.05, 3.63) is 35.2 Å². The predicted molar refractivity (Wildman–Crippen MR) is 91.9 cm³/mol. The van der Waals surface area contributed by atoms with E-state index in [0.29, 0.717) is 55.8 Å². The van der Waals surface area contributed by atoms with Crippen molar-refractivity contribution in [3.63, 3.8) is 0 Å². The summed E-state index contributed by atoms with van der Waals surface area (Å²) in [5.41, 5.74) is 0.811. The molecule has 0 aliphatic carbocycles. The Bertz CT molecular complexity index is 752. The molecular formula is C17H19ClN4O3. The van der Waals surface area contributed by atoms with Crippen LogP contribution in [0.5, 0.6) is 0 Å². The Morgan fingerprint density at radius 2 is 1.76 bits per heavy atom. The first-order valence-corrected chi connectivity index (χ1v) is 8.52. The van der Waals surface area contributed by atoms with E-state index in [9.17, 15) is 9.59 Å². The summed E-state index contributed by atoms with van der Waals surface area (Å²) in [5.74, 6) is 0.997. The van der Waals surface area contributed by atoms with Crippen LogP contribution in [0.4, 0.5) is 0 Å². The molecular weight excluding hydrogens is 344 g/mol. The third kappa shape index (κ3) is 4.36. The van der Waals surface area contributed by atoms with Gasteiger partial charge in [-0.3, -0.25) is 9.59 Å². The molecule has 2 heterocycles. The molecule has 3 rings (SSSR count). The summed E-state index contributed by atoms with van der Waals surface area (Å²) in [4.78, 5) is 31.4. The minimum absolute atomic E-state index is 0.0365. The van der Waals surface area contributed by atoms with Gasteiger partial charge in [0.25, 0.3) is 0 Å². The van der Waals surface area contributed by atoms with Crippen molar-refractivity contribution in [2.75, 3.05) is 26.2 Å². The fourth-order valence-electron chi connectivity index (χ4n) is 2.72. The molecule has 0 radical (unpaired) electrons. The standard InChI is InChI=1S/C17H19ClN4O3/c1-12(23)21-8-10-22(11-9-21)16(24)7-6-15-19-17(20-25-15)13-2-4-14(18)5-3-13/h2-5H,6-11H2,1H3. The number of hydrogen-bond acceptors (Lipinski definition) is 5. The van der Waals surface area contributed by atoms with Crippen molar-refractivity contribution in [2.45, 2.75) is 19.8 Å².